The van der Waals surface area contributed by atoms with E-state index in [9.17, 15) is 44.3 Å². The summed E-state index contributed by atoms with van der Waals surface area (Å²) in [5.41, 5.74) is 7.73. The van der Waals surface area contributed by atoms with Crippen LogP contribution in [-0.4, -0.2) is 41.1 Å². The first-order valence-corrected chi connectivity index (χ1v) is 4.77. The Labute approximate surface area is 110 Å². The summed E-state index contributed by atoms with van der Waals surface area (Å²) in [5, 5.41) is 0. The van der Waals surface area contributed by atoms with Gasteiger partial charge in [0.25, 0.3) is 0 Å². The van der Waals surface area contributed by atoms with Gasteiger partial charge < -0.3 is 10.3 Å². The lowest BCUT2D eigenvalue weighted by Gasteiger charge is -2.31. The van der Waals surface area contributed by atoms with Crippen molar-refractivity contribution in [1.82, 2.24) is 0 Å². The highest BCUT2D eigenvalue weighted by Gasteiger charge is 2.74. The molecule has 21 heavy (non-hydrogen) atoms. The minimum atomic E-state index is -6.41. The fourth-order valence-electron chi connectivity index (χ4n) is 0.933. The molecule has 0 bridgehead atoms. The van der Waals surface area contributed by atoms with Gasteiger partial charge in [-0.05, 0) is 0 Å². The Hall–Kier alpha value is -1.78. The average molecular weight is 332 g/mol. The number of ether oxygens (including phenoxy) is 1. The van der Waals surface area contributed by atoms with Gasteiger partial charge in [-0.3, -0.25) is 0 Å². The molecule has 0 aromatic rings. The third kappa shape index (κ3) is 4.92. The second-order valence-electron chi connectivity index (χ2n) is 3.58. The van der Waals surface area contributed by atoms with Crippen molar-refractivity contribution in [2.24, 2.45) is 0 Å². The Kier molecular flexibility index (Phi) is 5.41. The Balaban J connectivity index is 5.21. The summed E-state index contributed by atoms with van der Waals surface area (Å²) in [7, 11) is 0. The molecule has 4 nitrogen and oxygen atoms in total. The van der Waals surface area contributed by atoms with Crippen LogP contribution in [0.1, 0.15) is 12.8 Å². The van der Waals surface area contributed by atoms with E-state index in [1.807, 2.05) is 4.79 Å². The molecule has 0 aromatic heterocycles. The highest BCUT2D eigenvalue weighted by molar-refractivity contribution is 6.20. The fourth-order valence-corrected chi connectivity index (χ4v) is 0.933. The lowest BCUT2D eigenvalue weighted by atomic mass is 10.1. The minimum Gasteiger partial charge on any atom is -0.387 e. The van der Waals surface area contributed by atoms with Crippen molar-refractivity contribution in [3.8, 4) is 0 Å². The quantitative estimate of drug-likeness (QED) is 0.247. The van der Waals surface area contributed by atoms with Gasteiger partial charge in [-0.25, -0.2) is 4.79 Å². The van der Waals surface area contributed by atoms with Crippen LogP contribution in [0.15, 0.2) is 0 Å². The van der Waals surface area contributed by atoms with Crippen molar-refractivity contribution in [2.45, 2.75) is 37.0 Å². The molecule has 0 aromatic carbocycles. The van der Waals surface area contributed by atoms with Gasteiger partial charge in [0.05, 0.1) is 0 Å². The van der Waals surface area contributed by atoms with Crippen molar-refractivity contribution >= 4 is 12.2 Å². The van der Waals surface area contributed by atoms with E-state index >= 15 is 0 Å². The first-order valence-electron chi connectivity index (χ1n) is 4.77. The molecule has 0 saturated heterocycles. The number of halogens is 9. The number of hydrogen-bond acceptors (Lipinski definition) is 2. The summed E-state index contributed by atoms with van der Waals surface area (Å²) in [6.45, 7) is 0. The van der Waals surface area contributed by atoms with Crippen molar-refractivity contribution in [3.05, 3.63) is 5.53 Å². The molecule has 0 aliphatic rings. The number of carbonyl (C=O) groups is 1. The summed E-state index contributed by atoms with van der Waals surface area (Å²) in [6, 6.07) is 0. The van der Waals surface area contributed by atoms with E-state index in [0.717, 1.165) is 0 Å². The molecule has 0 atom stereocenters. The Morgan fingerprint density at radius 2 is 1.48 bits per heavy atom. The molecule has 0 rings (SSSR count). The molecule has 0 fully saturated rings. The van der Waals surface area contributed by atoms with E-state index in [-0.39, 0.29) is 0 Å². The summed E-state index contributed by atoms with van der Waals surface area (Å²) < 4.78 is 115. The summed E-state index contributed by atoms with van der Waals surface area (Å²) in [5.74, 6) is -14.6. The van der Waals surface area contributed by atoms with Gasteiger partial charge in [0.2, 0.25) is 0 Å². The van der Waals surface area contributed by atoms with Gasteiger partial charge in [-0.2, -0.15) is 44.3 Å². The van der Waals surface area contributed by atoms with Gasteiger partial charge in [-0.15, -0.1) is 0 Å². The maximum atomic E-state index is 12.9. The standard InChI is InChI=1S/C8H5F9N2O2/c9-5(10,1-2-6(11,12)13)7(14,15)8(16,17)21-4(20)3-19-18/h3H,1-2H2. The molecule has 13 heteroatoms. The maximum absolute atomic E-state index is 12.9. The Morgan fingerprint density at radius 3 is 1.86 bits per heavy atom. The van der Waals surface area contributed by atoms with Crippen molar-refractivity contribution < 1.29 is 53.8 Å². The molecule has 0 spiro atoms. The topological polar surface area (TPSA) is 62.7 Å². The summed E-state index contributed by atoms with van der Waals surface area (Å²) >= 11 is 0. The Morgan fingerprint density at radius 1 is 1.00 bits per heavy atom. The highest BCUT2D eigenvalue weighted by atomic mass is 19.4. The molecule has 122 valence electrons. The van der Waals surface area contributed by atoms with Crippen molar-refractivity contribution in [1.29, 1.82) is 0 Å². The third-order valence-corrected chi connectivity index (χ3v) is 1.94. The number of nitrogens with zero attached hydrogens (tertiary/aromatic N) is 2. The molecule has 0 N–H and O–H groups in total. The highest BCUT2D eigenvalue weighted by Crippen LogP contribution is 2.49. The van der Waals surface area contributed by atoms with E-state index in [1.165, 1.54) is 0 Å². The SMILES string of the molecule is [N-]=[N+]=CC(=O)OC(F)(F)C(F)(F)C(F)(F)CCC(F)(F)F. The van der Waals surface area contributed by atoms with E-state index in [1.54, 1.807) is 0 Å². The lowest BCUT2D eigenvalue weighted by Crippen LogP contribution is -2.56. The number of rotatable bonds is 6. The van der Waals surface area contributed by atoms with E-state index in [2.05, 4.69) is 4.74 Å². The zero-order chi connectivity index (χ0) is 17.1. The number of alkyl halides is 9. The molecule has 0 radical (unpaired) electrons. The van der Waals surface area contributed by atoms with E-state index in [0.29, 0.717) is 0 Å². The van der Waals surface area contributed by atoms with Crippen LogP contribution in [0.2, 0.25) is 0 Å². The first-order chi connectivity index (χ1) is 9.16. The molecule has 0 aliphatic heterocycles. The number of esters is 1. The van der Waals surface area contributed by atoms with Crippen LogP contribution in [0.25, 0.3) is 5.53 Å². The number of hydrogen-bond donors (Lipinski definition) is 0. The van der Waals surface area contributed by atoms with Crippen LogP contribution < -0.4 is 0 Å². The predicted octanol–water partition coefficient (Wildman–Crippen LogP) is 3.04. The summed E-state index contributed by atoms with van der Waals surface area (Å²) in [6.07, 6.45) is -17.0. The van der Waals surface area contributed by atoms with Gasteiger partial charge in [-0.1, -0.05) is 0 Å². The van der Waals surface area contributed by atoms with Gasteiger partial charge in [0.15, 0.2) is 0 Å². The van der Waals surface area contributed by atoms with Gasteiger partial charge >= 0.3 is 36.3 Å². The van der Waals surface area contributed by atoms with Gasteiger partial charge in [0.1, 0.15) is 0 Å². The minimum absolute atomic E-state index is 0.447. The zero-order valence-corrected chi connectivity index (χ0v) is 9.60. The van der Waals surface area contributed by atoms with Crippen molar-refractivity contribution in [3.63, 3.8) is 0 Å². The van der Waals surface area contributed by atoms with Crippen LogP contribution in [0, 0.1) is 0 Å². The van der Waals surface area contributed by atoms with Crippen LogP contribution >= 0.6 is 0 Å². The molecule has 0 aliphatic carbocycles. The average Bonchev–Trinajstić information content (AvgIpc) is 2.24. The predicted molar refractivity (Wildman–Crippen MR) is 45.9 cm³/mol. The summed E-state index contributed by atoms with van der Waals surface area (Å²) in [4.78, 5) is 12.2. The second kappa shape index (κ2) is 5.92. The monoisotopic (exact) mass is 332 g/mol. The van der Waals surface area contributed by atoms with Crippen molar-refractivity contribution in [2.75, 3.05) is 0 Å². The van der Waals surface area contributed by atoms with Crippen LogP contribution in [0.5, 0.6) is 0 Å². The zero-order valence-electron chi connectivity index (χ0n) is 9.60. The molecular weight excluding hydrogens is 327 g/mol. The molecule has 0 saturated carbocycles. The molecule has 0 heterocycles. The Bertz CT molecular complexity index is 440. The lowest BCUT2D eigenvalue weighted by molar-refractivity contribution is -0.385. The van der Waals surface area contributed by atoms with E-state index < -0.39 is 49.2 Å². The molecule has 0 amide bonds. The normalized spacial score (nSPS) is 13.6. The molecular formula is C8H5F9N2O2. The third-order valence-electron chi connectivity index (χ3n) is 1.94. The van der Waals surface area contributed by atoms with Gasteiger partial charge in [0, 0.05) is 12.8 Å². The first kappa shape index (κ1) is 19.2. The largest absolute Gasteiger partial charge is 0.473 e. The van der Waals surface area contributed by atoms with Crippen LogP contribution in [-0.2, 0) is 9.53 Å². The van der Waals surface area contributed by atoms with Crippen LogP contribution in [0.4, 0.5) is 39.5 Å². The van der Waals surface area contributed by atoms with Crippen LogP contribution in [0.3, 0.4) is 0 Å². The smallest absolute Gasteiger partial charge is 0.387 e. The molecule has 0 unspecified atom stereocenters. The maximum Gasteiger partial charge on any atom is 0.473 e. The number of carbonyl (C=O) groups excluding carboxylic acids is 1. The fraction of sp³-hybridized carbons (Fsp3) is 0.750. The van der Waals surface area contributed by atoms with E-state index in [4.69, 9.17) is 5.53 Å². The second-order valence-corrected chi connectivity index (χ2v) is 3.58.